The minimum atomic E-state index is 0.336. The van der Waals surface area contributed by atoms with Crippen LogP contribution in [0, 0.1) is 5.92 Å². The van der Waals surface area contributed by atoms with E-state index in [0.29, 0.717) is 18.0 Å². The van der Waals surface area contributed by atoms with Gasteiger partial charge in [0.05, 0.1) is 0 Å². The van der Waals surface area contributed by atoms with E-state index in [1.54, 1.807) is 0 Å². The average molecular weight is 473 g/mol. The molecule has 0 spiro atoms. The summed E-state index contributed by atoms with van der Waals surface area (Å²) in [5.41, 5.74) is 7.11. The van der Waals surface area contributed by atoms with Crippen LogP contribution >= 0.6 is 0 Å². The van der Waals surface area contributed by atoms with Gasteiger partial charge in [-0.1, -0.05) is 115 Å². The molecule has 0 aliphatic carbocycles. The third-order valence-corrected chi connectivity index (χ3v) is 8.38. The number of nitrogens with one attached hydrogen (secondary N) is 1. The van der Waals surface area contributed by atoms with Crippen LogP contribution in [0.15, 0.2) is 115 Å². The number of hydrogen-bond acceptors (Lipinski definition) is 2. The lowest BCUT2D eigenvalue weighted by Gasteiger charge is -2.54. The molecule has 3 saturated heterocycles. The SMILES string of the molecule is c1ccc(CN[C@@H]2C3CCN(CC3)[C@@H]2[C@H](c2ccccc2)c2ccccc2Cc2ccccc2)cc1. The van der Waals surface area contributed by atoms with Crippen LogP contribution < -0.4 is 5.32 Å². The molecule has 4 aromatic carbocycles. The van der Waals surface area contributed by atoms with Crippen molar-refractivity contribution in [1.29, 1.82) is 0 Å². The van der Waals surface area contributed by atoms with E-state index < -0.39 is 0 Å². The van der Waals surface area contributed by atoms with Crippen molar-refractivity contribution >= 4 is 0 Å². The maximum Gasteiger partial charge on any atom is 0.0361 e. The molecule has 0 unspecified atom stereocenters. The molecular formula is C34H36N2. The predicted molar refractivity (Wildman–Crippen MR) is 149 cm³/mol. The van der Waals surface area contributed by atoms with E-state index in [1.165, 1.54) is 53.7 Å². The summed E-state index contributed by atoms with van der Waals surface area (Å²) in [5, 5.41) is 4.07. The Balaban J connectivity index is 1.40. The Morgan fingerprint density at radius 1 is 0.667 bits per heavy atom. The number of nitrogens with zero attached hydrogens (tertiary/aromatic N) is 1. The second-order valence-corrected chi connectivity index (χ2v) is 10.5. The van der Waals surface area contributed by atoms with Gasteiger partial charge in [0.2, 0.25) is 0 Å². The molecule has 0 aromatic heterocycles. The monoisotopic (exact) mass is 472 g/mol. The Morgan fingerprint density at radius 3 is 1.94 bits per heavy atom. The van der Waals surface area contributed by atoms with E-state index in [4.69, 9.17) is 0 Å². The summed E-state index contributed by atoms with van der Waals surface area (Å²) in [6.07, 6.45) is 3.57. The Morgan fingerprint density at radius 2 is 1.25 bits per heavy atom. The maximum absolute atomic E-state index is 4.07. The Labute approximate surface area is 216 Å². The lowest BCUT2D eigenvalue weighted by Crippen LogP contribution is -2.64. The molecule has 2 bridgehead atoms. The zero-order chi connectivity index (χ0) is 24.2. The quantitative estimate of drug-likeness (QED) is 0.308. The fourth-order valence-electron chi connectivity index (χ4n) is 6.66. The summed E-state index contributed by atoms with van der Waals surface area (Å²) in [6.45, 7) is 3.35. The molecule has 0 amide bonds. The van der Waals surface area contributed by atoms with Crippen LogP contribution in [0.4, 0.5) is 0 Å². The highest BCUT2D eigenvalue weighted by Crippen LogP contribution is 2.43. The van der Waals surface area contributed by atoms with Crippen LogP contribution in [0.1, 0.15) is 46.6 Å². The number of benzene rings is 4. The number of piperidine rings is 3. The minimum Gasteiger partial charge on any atom is -0.308 e. The summed E-state index contributed by atoms with van der Waals surface area (Å²) in [7, 11) is 0. The second-order valence-electron chi connectivity index (χ2n) is 10.5. The van der Waals surface area contributed by atoms with E-state index in [0.717, 1.165) is 18.9 Å². The van der Waals surface area contributed by atoms with Gasteiger partial charge in [-0.25, -0.2) is 0 Å². The van der Waals surface area contributed by atoms with E-state index in [-0.39, 0.29) is 0 Å². The zero-order valence-corrected chi connectivity index (χ0v) is 21.0. The molecule has 7 rings (SSSR count). The molecule has 4 aromatic rings. The van der Waals surface area contributed by atoms with Gasteiger partial charge in [0.25, 0.3) is 0 Å². The largest absolute Gasteiger partial charge is 0.308 e. The van der Waals surface area contributed by atoms with E-state index >= 15 is 0 Å². The van der Waals surface area contributed by atoms with Gasteiger partial charge in [-0.3, -0.25) is 4.90 Å². The van der Waals surface area contributed by atoms with Crippen molar-refractivity contribution in [3.8, 4) is 0 Å². The molecule has 36 heavy (non-hydrogen) atoms. The molecule has 3 heterocycles. The van der Waals surface area contributed by atoms with E-state index in [2.05, 4.69) is 125 Å². The lowest BCUT2D eigenvalue weighted by atomic mass is 9.69. The molecule has 3 aliphatic heterocycles. The van der Waals surface area contributed by atoms with Crippen molar-refractivity contribution in [2.75, 3.05) is 13.1 Å². The molecule has 2 heteroatoms. The van der Waals surface area contributed by atoms with Gasteiger partial charge in [-0.05, 0) is 66.1 Å². The maximum atomic E-state index is 4.07. The zero-order valence-electron chi connectivity index (χ0n) is 21.0. The van der Waals surface area contributed by atoms with Crippen molar-refractivity contribution in [3.63, 3.8) is 0 Å². The summed E-state index contributed by atoms with van der Waals surface area (Å²) < 4.78 is 0. The fourth-order valence-corrected chi connectivity index (χ4v) is 6.66. The van der Waals surface area contributed by atoms with Crippen LogP contribution in [0.3, 0.4) is 0 Å². The molecule has 1 N–H and O–H groups in total. The third kappa shape index (κ3) is 4.89. The van der Waals surface area contributed by atoms with E-state index in [9.17, 15) is 0 Å². The number of fused-ring (bicyclic) bond motifs is 3. The first-order valence-electron chi connectivity index (χ1n) is 13.5. The highest BCUT2D eigenvalue weighted by atomic mass is 15.2. The van der Waals surface area contributed by atoms with Crippen LogP contribution in [0.25, 0.3) is 0 Å². The lowest BCUT2D eigenvalue weighted by molar-refractivity contribution is 0.00458. The Kier molecular flexibility index (Phi) is 6.98. The number of hydrogen-bond donors (Lipinski definition) is 1. The van der Waals surface area contributed by atoms with Crippen molar-refractivity contribution in [2.24, 2.45) is 5.92 Å². The van der Waals surface area contributed by atoms with Gasteiger partial charge in [-0.2, -0.15) is 0 Å². The van der Waals surface area contributed by atoms with Crippen LogP contribution in [0.5, 0.6) is 0 Å². The summed E-state index contributed by atoms with van der Waals surface area (Å²) in [6, 6.07) is 43.2. The van der Waals surface area contributed by atoms with Gasteiger partial charge in [0.15, 0.2) is 0 Å². The molecule has 0 saturated carbocycles. The van der Waals surface area contributed by atoms with Crippen molar-refractivity contribution in [1.82, 2.24) is 10.2 Å². The first-order chi connectivity index (χ1) is 17.9. The molecule has 2 nitrogen and oxygen atoms in total. The minimum absolute atomic E-state index is 0.336. The average Bonchev–Trinajstić information content (AvgIpc) is 2.96. The van der Waals surface area contributed by atoms with Crippen molar-refractivity contribution < 1.29 is 0 Å². The molecule has 3 aliphatic rings. The first-order valence-corrected chi connectivity index (χ1v) is 13.5. The summed E-state index contributed by atoms with van der Waals surface area (Å²) in [4.78, 5) is 2.79. The molecule has 3 atom stereocenters. The van der Waals surface area contributed by atoms with Gasteiger partial charge < -0.3 is 5.32 Å². The van der Waals surface area contributed by atoms with Crippen LogP contribution in [-0.2, 0) is 13.0 Å². The third-order valence-electron chi connectivity index (χ3n) is 8.38. The smallest absolute Gasteiger partial charge is 0.0361 e. The standard InChI is InChI=1S/C34H36N2/c1-4-12-26(13-5-1)24-30-18-10-11-19-31(30)32(28-16-8-3-9-17-28)34-33(29-20-22-36(34)23-21-29)35-25-27-14-6-2-7-15-27/h1-19,29,32-35H,20-25H2/t32-,33-,34-/m1/s1. The fraction of sp³-hybridized carbons (Fsp3) is 0.294. The van der Waals surface area contributed by atoms with Gasteiger partial charge in [0, 0.05) is 24.5 Å². The van der Waals surface area contributed by atoms with E-state index in [1.807, 2.05) is 0 Å². The molecule has 182 valence electrons. The number of rotatable bonds is 8. The van der Waals surface area contributed by atoms with Gasteiger partial charge >= 0.3 is 0 Å². The first kappa shape index (κ1) is 23.2. The summed E-state index contributed by atoms with van der Waals surface area (Å²) >= 11 is 0. The molecule has 0 radical (unpaired) electrons. The molecular weight excluding hydrogens is 436 g/mol. The highest BCUT2D eigenvalue weighted by molar-refractivity contribution is 5.43. The van der Waals surface area contributed by atoms with Gasteiger partial charge in [0.1, 0.15) is 0 Å². The topological polar surface area (TPSA) is 15.3 Å². The second kappa shape index (κ2) is 10.8. The van der Waals surface area contributed by atoms with Crippen molar-refractivity contribution in [2.45, 2.75) is 43.8 Å². The molecule has 3 fully saturated rings. The van der Waals surface area contributed by atoms with Crippen molar-refractivity contribution in [3.05, 3.63) is 143 Å². The van der Waals surface area contributed by atoms with Crippen LogP contribution in [0.2, 0.25) is 0 Å². The summed E-state index contributed by atoms with van der Waals surface area (Å²) in [5.74, 6) is 1.07. The van der Waals surface area contributed by atoms with Crippen LogP contribution in [-0.4, -0.2) is 30.1 Å². The normalized spacial score (nSPS) is 23.9. The Hall–Kier alpha value is -3.20. The Bertz CT molecular complexity index is 1230. The predicted octanol–water partition coefficient (Wildman–Crippen LogP) is 6.66. The highest BCUT2D eigenvalue weighted by Gasteiger charge is 2.46. The van der Waals surface area contributed by atoms with Gasteiger partial charge in [-0.15, -0.1) is 0 Å².